The van der Waals surface area contributed by atoms with Gasteiger partial charge in [-0.3, -0.25) is 9.36 Å². The number of anilines is 1. The van der Waals surface area contributed by atoms with E-state index in [2.05, 4.69) is 28.2 Å². The monoisotopic (exact) mass is 495 g/mol. The Balaban J connectivity index is 1.41. The number of hydrogen-bond acceptors (Lipinski definition) is 8. The molecule has 2 aromatic heterocycles. The predicted octanol–water partition coefficient (Wildman–Crippen LogP) is 4.59. The Labute approximate surface area is 206 Å². The van der Waals surface area contributed by atoms with E-state index in [9.17, 15) is 10.1 Å². The average molecular weight is 496 g/mol. The molecule has 4 rings (SSSR count). The summed E-state index contributed by atoms with van der Waals surface area (Å²) < 4.78 is 13.1. The van der Waals surface area contributed by atoms with Crippen LogP contribution in [0.15, 0.2) is 42.1 Å². The first-order valence-corrected chi connectivity index (χ1v) is 12.7. The van der Waals surface area contributed by atoms with Gasteiger partial charge in [0.05, 0.1) is 18.4 Å². The van der Waals surface area contributed by atoms with E-state index in [1.54, 1.807) is 13.2 Å². The van der Waals surface area contributed by atoms with Gasteiger partial charge in [0.2, 0.25) is 5.91 Å². The van der Waals surface area contributed by atoms with Gasteiger partial charge in [0.25, 0.3) is 0 Å². The van der Waals surface area contributed by atoms with Gasteiger partial charge in [0.1, 0.15) is 17.7 Å². The Bertz CT molecular complexity index is 1230. The summed E-state index contributed by atoms with van der Waals surface area (Å²) in [5.74, 6) is 1.83. The van der Waals surface area contributed by atoms with E-state index in [0.29, 0.717) is 39.6 Å². The molecular weight excluding hydrogens is 470 g/mol. The Hall–Kier alpha value is -3.29. The molecule has 0 atom stereocenters. The number of allylic oxidation sites excluding steroid dienone is 1. The molecule has 0 saturated carbocycles. The van der Waals surface area contributed by atoms with Crippen molar-refractivity contribution in [3.8, 4) is 17.6 Å². The number of hydrogen-bond donors (Lipinski definition) is 1. The van der Waals surface area contributed by atoms with Gasteiger partial charge in [-0.15, -0.1) is 28.1 Å². The number of rotatable bonds is 10. The number of carbonyl (C=O) groups excluding carboxylic acids is 1. The van der Waals surface area contributed by atoms with Gasteiger partial charge in [0, 0.05) is 11.4 Å². The number of aryl methyl sites for hydroxylation is 1. The molecule has 1 N–H and O–H groups in total. The number of carbonyl (C=O) groups is 1. The van der Waals surface area contributed by atoms with E-state index in [1.807, 2.05) is 28.8 Å². The topological polar surface area (TPSA) is 102 Å². The van der Waals surface area contributed by atoms with Gasteiger partial charge < -0.3 is 14.8 Å². The van der Waals surface area contributed by atoms with E-state index in [1.165, 1.54) is 28.0 Å². The Morgan fingerprint density at radius 2 is 2.12 bits per heavy atom. The van der Waals surface area contributed by atoms with E-state index >= 15 is 0 Å². The third-order valence-electron chi connectivity index (χ3n) is 5.40. The number of nitriles is 1. The molecule has 1 aromatic carbocycles. The standard InChI is InChI=1S/C24H25N5O3S2/c1-3-12-29-21(14-32-19-10-6-5-9-18(19)31-2)27-28-24(29)33-15-22(30)26-23-17(13-25)16-8-4-7-11-20(16)34-23/h3,5-6,9-10H,1,4,7-8,11-12,14-15H2,2H3,(H,26,30). The van der Waals surface area contributed by atoms with Crippen molar-refractivity contribution < 1.29 is 14.3 Å². The highest BCUT2D eigenvalue weighted by molar-refractivity contribution is 7.99. The van der Waals surface area contributed by atoms with Crippen LogP contribution in [-0.4, -0.2) is 33.5 Å². The molecule has 8 nitrogen and oxygen atoms in total. The van der Waals surface area contributed by atoms with E-state index in [0.717, 1.165) is 31.2 Å². The Kier molecular flexibility index (Phi) is 7.87. The summed E-state index contributed by atoms with van der Waals surface area (Å²) in [5, 5.41) is 22.3. The van der Waals surface area contributed by atoms with Crippen molar-refractivity contribution in [2.75, 3.05) is 18.2 Å². The summed E-state index contributed by atoms with van der Waals surface area (Å²) in [6, 6.07) is 9.67. The predicted molar refractivity (Wildman–Crippen MR) is 133 cm³/mol. The number of thioether (sulfide) groups is 1. The van der Waals surface area contributed by atoms with Gasteiger partial charge >= 0.3 is 0 Å². The molecule has 1 aliphatic rings. The van der Waals surface area contributed by atoms with Crippen LogP contribution in [0.25, 0.3) is 0 Å². The number of benzene rings is 1. The van der Waals surface area contributed by atoms with Crippen LogP contribution in [-0.2, 0) is 30.8 Å². The van der Waals surface area contributed by atoms with Crippen molar-refractivity contribution in [2.45, 2.75) is 44.0 Å². The quantitative estimate of drug-likeness (QED) is 0.324. The fourth-order valence-corrected chi connectivity index (χ4v) is 5.81. The average Bonchev–Trinajstić information content (AvgIpc) is 3.41. The van der Waals surface area contributed by atoms with E-state index < -0.39 is 0 Å². The van der Waals surface area contributed by atoms with Crippen LogP contribution >= 0.6 is 23.1 Å². The van der Waals surface area contributed by atoms with Crippen molar-refractivity contribution in [2.24, 2.45) is 0 Å². The number of fused-ring (bicyclic) bond motifs is 1. The van der Waals surface area contributed by atoms with Crippen LogP contribution in [0.5, 0.6) is 11.5 Å². The van der Waals surface area contributed by atoms with Crippen molar-refractivity contribution >= 4 is 34.0 Å². The smallest absolute Gasteiger partial charge is 0.235 e. The lowest BCUT2D eigenvalue weighted by Crippen LogP contribution is -2.15. The minimum atomic E-state index is -0.180. The number of ether oxygens (including phenoxy) is 2. The highest BCUT2D eigenvalue weighted by Crippen LogP contribution is 2.37. The second-order valence-electron chi connectivity index (χ2n) is 7.60. The second kappa shape index (κ2) is 11.2. The van der Waals surface area contributed by atoms with Crippen LogP contribution in [0.3, 0.4) is 0 Å². The van der Waals surface area contributed by atoms with Crippen LogP contribution in [0, 0.1) is 11.3 Å². The highest BCUT2D eigenvalue weighted by Gasteiger charge is 2.22. The minimum Gasteiger partial charge on any atom is -0.493 e. The van der Waals surface area contributed by atoms with Crippen molar-refractivity contribution in [3.05, 3.63) is 58.7 Å². The second-order valence-corrected chi connectivity index (χ2v) is 9.65. The molecule has 34 heavy (non-hydrogen) atoms. The van der Waals surface area contributed by atoms with Crippen molar-refractivity contribution in [3.63, 3.8) is 0 Å². The largest absolute Gasteiger partial charge is 0.493 e. The first-order valence-electron chi connectivity index (χ1n) is 10.9. The molecule has 10 heteroatoms. The summed E-state index contributed by atoms with van der Waals surface area (Å²) in [4.78, 5) is 13.9. The molecule has 1 amide bonds. The highest BCUT2D eigenvalue weighted by atomic mass is 32.2. The SMILES string of the molecule is C=CCn1c(COc2ccccc2OC)nnc1SCC(=O)Nc1sc2c(c1C#N)CCCC2. The van der Waals surface area contributed by atoms with Crippen LogP contribution in [0.2, 0.25) is 0 Å². The van der Waals surface area contributed by atoms with Crippen LogP contribution in [0.1, 0.15) is 34.7 Å². The maximum Gasteiger partial charge on any atom is 0.235 e. The first-order chi connectivity index (χ1) is 16.6. The molecule has 0 saturated heterocycles. The summed E-state index contributed by atoms with van der Waals surface area (Å²) in [7, 11) is 1.59. The zero-order valence-electron chi connectivity index (χ0n) is 18.9. The molecule has 0 unspecified atom stereocenters. The van der Waals surface area contributed by atoms with Crippen molar-refractivity contribution in [1.82, 2.24) is 14.8 Å². The molecule has 0 bridgehead atoms. The third-order valence-corrected chi connectivity index (χ3v) is 7.57. The molecule has 0 spiro atoms. The Morgan fingerprint density at radius 1 is 1.32 bits per heavy atom. The number of nitrogens with zero attached hydrogens (tertiary/aromatic N) is 4. The number of amides is 1. The minimum absolute atomic E-state index is 0.149. The fourth-order valence-electron chi connectivity index (χ4n) is 3.79. The third kappa shape index (κ3) is 5.26. The molecule has 1 aliphatic carbocycles. The summed E-state index contributed by atoms with van der Waals surface area (Å²) in [6.45, 7) is 4.49. The lowest BCUT2D eigenvalue weighted by atomic mass is 9.96. The molecular formula is C24H25N5O3S2. The summed E-state index contributed by atoms with van der Waals surface area (Å²) in [5.41, 5.74) is 1.72. The van der Waals surface area contributed by atoms with E-state index in [4.69, 9.17) is 9.47 Å². The normalized spacial score (nSPS) is 12.5. The van der Waals surface area contributed by atoms with Crippen molar-refractivity contribution in [1.29, 1.82) is 5.26 Å². The van der Waals surface area contributed by atoms with Crippen LogP contribution < -0.4 is 14.8 Å². The molecule has 2 heterocycles. The molecule has 3 aromatic rings. The molecule has 0 fully saturated rings. The van der Waals surface area contributed by atoms with Gasteiger partial charge in [-0.2, -0.15) is 5.26 Å². The number of nitrogens with one attached hydrogen (secondary N) is 1. The molecule has 176 valence electrons. The number of thiophene rings is 1. The Morgan fingerprint density at radius 3 is 2.88 bits per heavy atom. The lowest BCUT2D eigenvalue weighted by Gasteiger charge is -2.11. The lowest BCUT2D eigenvalue weighted by molar-refractivity contribution is -0.113. The molecule has 0 aliphatic heterocycles. The summed E-state index contributed by atoms with van der Waals surface area (Å²) in [6.07, 6.45) is 5.84. The number of methoxy groups -OCH3 is 1. The van der Waals surface area contributed by atoms with E-state index in [-0.39, 0.29) is 18.3 Å². The summed E-state index contributed by atoms with van der Waals surface area (Å²) >= 11 is 2.81. The van der Waals surface area contributed by atoms with Crippen LogP contribution in [0.4, 0.5) is 5.00 Å². The van der Waals surface area contributed by atoms with Gasteiger partial charge in [-0.05, 0) is 43.4 Å². The number of aromatic nitrogens is 3. The fraction of sp³-hybridized carbons (Fsp3) is 0.333. The van der Waals surface area contributed by atoms with Gasteiger partial charge in [-0.25, -0.2) is 0 Å². The van der Waals surface area contributed by atoms with Gasteiger partial charge in [-0.1, -0.05) is 30.0 Å². The number of para-hydroxylation sites is 2. The van der Waals surface area contributed by atoms with Gasteiger partial charge in [0.15, 0.2) is 22.5 Å². The molecule has 0 radical (unpaired) electrons. The zero-order chi connectivity index (χ0) is 23.9. The maximum atomic E-state index is 12.7. The zero-order valence-corrected chi connectivity index (χ0v) is 20.5. The maximum absolute atomic E-state index is 12.7. The first kappa shape index (κ1) is 23.9.